The van der Waals surface area contributed by atoms with E-state index in [-0.39, 0.29) is 58.5 Å². The predicted molar refractivity (Wildman–Crippen MR) is 66.6 cm³/mol. The third-order valence-electron chi connectivity index (χ3n) is 2.72. The zero-order chi connectivity index (χ0) is 14.3. The number of hydrogen-bond donors (Lipinski definition) is 4. The van der Waals surface area contributed by atoms with Gasteiger partial charge in [-0.15, -0.1) is 0 Å². The molecule has 0 unspecified atom stereocenters. The van der Waals surface area contributed by atoms with E-state index in [1.54, 1.807) is 30.3 Å². The summed E-state index contributed by atoms with van der Waals surface area (Å²) in [6, 6.07) is 8.23. The van der Waals surface area contributed by atoms with Crippen LogP contribution in [0.15, 0.2) is 35.5 Å². The van der Waals surface area contributed by atoms with Gasteiger partial charge in [0.15, 0.2) is 0 Å². The Morgan fingerprint density at radius 2 is 1.60 bits per heavy atom. The molecule has 0 amide bonds. The van der Waals surface area contributed by atoms with Crippen molar-refractivity contribution in [3.05, 3.63) is 35.9 Å². The van der Waals surface area contributed by atoms with Crippen LogP contribution in [-0.2, 0) is 14.0 Å². The molecule has 11 heteroatoms. The Morgan fingerprint density at radius 3 is 2.00 bits per heavy atom. The minimum absolute atomic E-state index is 0. The maximum absolute atomic E-state index is 11.4. The molecular formula is C9H12KNO7P2. The standard InChI is InChI=1S/C9H11NO7P2.K.H/c11-18(12,13)9(19(14,15)16)6-8(10-17-9)7-4-2-1-3-5-7;;/h1-5H,6H2,(H2,11,12,13)(H2,14,15,16);;/q;+1;-1. The molecule has 20 heavy (non-hydrogen) atoms. The van der Waals surface area contributed by atoms with E-state index >= 15 is 0 Å². The fraction of sp³-hybridized carbons (Fsp3) is 0.222. The van der Waals surface area contributed by atoms with Gasteiger partial charge in [0, 0.05) is 0 Å². The van der Waals surface area contributed by atoms with E-state index in [1.807, 2.05) is 0 Å². The number of hydrogen-bond acceptors (Lipinski definition) is 4. The Labute approximate surface area is 158 Å². The monoisotopic (exact) mass is 347 g/mol. The van der Waals surface area contributed by atoms with Gasteiger partial charge in [-0.05, 0) is 5.56 Å². The molecule has 0 saturated heterocycles. The van der Waals surface area contributed by atoms with E-state index in [0.29, 0.717) is 5.56 Å². The van der Waals surface area contributed by atoms with Gasteiger partial charge >= 0.3 is 71.7 Å². The first-order valence-corrected chi connectivity index (χ1v) is 8.32. The summed E-state index contributed by atoms with van der Waals surface area (Å²) in [6.07, 6.45) is -0.661. The van der Waals surface area contributed by atoms with Gasteiger partial charge in [0.1, 0.15) is 0 Å². The first kappa shape index (κ1) is 18.7. The van der Waals surface area contributed by atoms with E-state index in [9.17, 15) is 28.7 Å². The van der Waals surface area contributed by atoms with Gasteiger partial charge in [-0.25, -0.2) is 0 Å². The Bertz CT molecular complexity index is 592. The summed E-state index contributed by atoms with van der Waals surface area (Å²) in [4.78, 5) is 41.3. The van der Waals surface area contributed by atoms with Crippen LogP contribution >= 0.6 is 15.2 Å². The van der Waals surface area contributed by atoms with Crippen LogP contribution in [0.3, 0.4) is 0 Å². The molecule has 0 aromatic heterocycles. The minimum Gasteiger partial charge on any atom is -1.00 e. The van der Waals surface area contributed by atoms with Crippen LogP contribution in [0.1, 0.15) is 13.4 Å². The summed E-state index contributed by atoms with van der Waals surface area (Å²) in [5.41, 5.74) is 0.554. The van der Waals surface area contributed by atoms with Crippen LogP contribution in [0, 0.1) is 0 Å². The van der Waals surface area contributed by atoms with Gasteiger partial charge in [-0.2, -0.15) is 0 Å². The molecule has 1 aliphatic heterocycles. The zero-order valence-corrected chi connectivity index (χ0v) is 15.4. The maximum atomic E-state index is 11.4. The van der Waals surface area contributed by atoms with Crippen molar-refractivity contribution in [2.45, 2.75) is 11.5 Å². The van der Waals surface area contributed by atoms with Crippen molar-refractivity contribution in [1.82, 2.24) is 0 Å². The molecule has 106 valence electrons. The van der Waals surface area contributed by atoms with Gasteiger partial charge in [-0.1, -0.05) is 35.5 Å². The first-order valence-electron chi connectivity index (χ1n) is 5.09. The van der Waals surface area contributed by atoms with Crippen molar-refractivity contribution in [2.75, 3.05) is 0 Å². The van der Waals surface area contributed by atoms with Crippen molar-refractivity contribution in [3.8, 4) is 0 Å². The molecule has 0 atom stereocenters. The minimum atomic E-state index is -5.22. The topological polar surface area (TPSA) is 137 Å². The second-order valence-electron chi connectivity index (χ2n) is 4.00. The quantitative estimate of drug-likeness (QED) is 0.364. The second kappa shape index (κ2) is 6.40. The summed E-state index contributed by atoms with van der Waals surface area (Å²) in [7, 11) is -10.4. The summed E-state index contributed by atoms with van der Waals surface area (Å²) in [5.74, 6) is 0. The molecule has 0 bridgehead atoms. The van der Waals surface area contributed by atoms with Crippen LogP contribution in [0.5, 0.6) is 0 Å². The first-order chi connectivity index (χ1) is 8.67. The number of rotatable bonds is 3. The fourth-order valence-corrected chi connectivity index (χ4v) is 4.04. The Kier molecular flexibility index (Phi) is 5.97. The molecule has 1 aromatic rings. The smallest absolute Gasteiger partial charge is 1.00 e. The van der Waals surface area contributed by atoms with Crippen LogP contribution in [-0.4, -0.2) is 30.4 Å². The Morgan fingerprint density at radius 1 is 1.10 bits per heavy atom. The number of oxime groups is 1. The normalized spacial score (nSPS) is 17.9. The van der Waals surface area contributed by atoms with Crippen molar-refractivity contribution >= 4 is 20.9 Å². The van der Waals surface area contributed by atoms with Crippen molar-refractivity contribution in [3.63, 3.8) is 0 Å². The molecule has 1 heterocycles. The number of nitrogens with zero attached hydrogens (tertiary/aromatic N) is 1. The summed E-state index contributed by atoms with van der Waals surface area (Å²) < 4.78 is 22.8. The SMILES string of the molecule is O=P(O)(O)C1(P(=O)(O)O)CC(c2ccccc2)=NO1.[H-].[K+]. The van der Waals surface area contributed by atoms with Gasteiger partial charge in [0.2, 0.25) is 0 Å². The van der Waals surface area contributed by atoms with E-state index in [1.165, 1.54) is 0 Å². The maximum Gasteiger partial charge on any atom is 1.00 e. The Balaban J connectivity index is 0.00000200. The molecule has 0 spiro atoms. The zero-order valence-electron chi connectivity index (χ0n) is 11.4. The van der Waals surface area contributed by atoms with E-state index in [4.69, 9.17) is 0 Å². The average Bonchev–Trinajstić information content (AvgIpc) is 2.75. The number of benzene rings is 1. The molecule has 8 nitrogen and oxygen atoms in total. The van der Waals surface area contributed by atoms with Crippen LogP contribution in [0.4, 0.5) is 0 Å². The predicted octanol–water partition coefficient (Wildman–Crippen LogP) is -2.06. The molecule has 1 aromatic carbocycles. The molecule has 2 rings (SSSR count). The molecule has 1 aliphatic rings. The summed E-state index contributed by atoms with van der Waals surface area (Å²) in [6.45, 7) is 0. The van der Waals surface area contributed by atoms with E-state index in [2.05, 4.69) is 9.99 Å². The molecule has 0 fully saturated rings. The Hall–Kier alpha value is 0.626. The largest absolute Gasteiger partial charge is 1.00 e. The van der Waals surface area contributed by atoms with Crippen molar-refractivity contribution in [2.24, 2.45) is 5.16 Å². The van der Waals surface area contributed by atoms with E-state index < -0.39 is 26.7 Å². The van der Waals surface area contributed by atoms with Crippen LogP contribution < -0.4 is 51.4 Å². The molecular weight excluding hydrogens is 335 g/mol. The van der Waals surface area contributed by atoms with Crippen LogP contribution in [0.25, 0.3) is 0 Å². The third kappa shape index (κ3) is 3.34. The van der Waals surface area contributed by atoms with Gasteiger partial charge in [0.25, 0.3) is 0 Å². The second-order valence-corrected chi connectivity index (χ2v) is 7.98. The van der Waals surface area contributed by atoms with Gasteiger partial charge in [0.05, 0.1) is 12.1 Å². The average molecular weight is 347 g/mol. The molecule has 4 N–H and O–H groups in total. The van der Waals surface area contributed by atoms with Gasteiger partial charge < -0.3 is 25.8 Å². The molecule has 0 aliphatic carbocycles. The summed E-state index contributed by atoms with van der Waals surface area (Å²) in [5, 5.41) is 0.499. The fourth-order valence-electron chi connectivity index (χ4n) is 1.68. The molecule has 0 radical (unpaired) electrons. The van der Waals surface area contributed by atoms with Crippen LogP contribution in [0.2, 0.25) is 0 Å². The van der Waals surface area contributed by atoms with Crippen molar-refractivity contribution in [1.29, 1.82) is 0 Å². The molecule has 0 saturated carbocycles. The van der Waals surface area contributed by atoms with Crippen molar-refractivity contribution < 1.29 is 86.4 Å². The third-order valence-corrected chi connectivity index (χ3v) is 6.58. The van der Waals surface area contributed by atoms with E-state index in [0.717, 1.165) is 0 Å². The van der Waals surface area contributed by atoms with Gasteiger partial charge in [-0.3, -0.25) is 9.13 Å². The summed E-state index contributed by atoms with van der Waals surface area (Å²) >= 11 is 0.